The lowest BCUT2D eigenvalue weighted by molar-refractivity contribution is 0.251. The second kappa shape index (κ2) is 6.28. The van der Waals surface area contributed by atoms with E-state index in [4.69, 9.17) is 4.74 Å². The third-order valence-corrected chi connectivity index (χ3v) is 4.67. The molecule has 22 heavy (non-hydrogen) atoms. The second-order valence-corrected chi connectivity index (χ2v) is 7.04. The van der Waals surface area contributed by atoms with E-state index in [1.807, 2.05) is 13.1 Å². The minimum absolute atomic E-state index is 0.0756. The zero-order chi connectivity index (χ0) is 16.6. The van der Waals surface area contributed by atoms with Crippen LogP contribution in [0.3, 0.4) is 0 Å². The third kappa shape index (κ3) is 2.97. The van der Waals surface area contributed by atoms with Crippen LogP contribution in [0.15, 0.2) is 23.4 Å². The van der Waals surface area contributed by atoms with E-state index in [2.05, 4.69) is 59.5 Å². The summed E-state index contributed by atoms with van der Waals surface area (Å²) in [5, 5.41) is 0. The molecule has 1 aliphatic heterocycles. The number of pyridine rings is 1. The minimum atomic E-state index is 0.0756. The number of aromatic nitrogens is 1. The lowest BCUT2D eigenvalue weighted by atomic mass is 9.85. The second-order valence-electron chi connectivity index (χ2n) is 7.04. The summed E-state index contributed by atoms with van der Waals surface area (Å²) >= 11 is 0. The number of aryl methyl sites for hydroxylation is 1. The van der Waals surface area contributed by atoms with Crippen LogP contribution in [0, 0.1) is 12.8 Å². The molecule has 0 fully saturated rings. The van der Waals surface area contributed by atoms with E-state index in [-0.39, 0.29) is 6.10 Å². The van der Waals surface area contributed by atoms with Crippen molar-refractivity contribution in [3.8, 4) is 5.75 Å². The Morgan fingerprint density at radius 2 is 1.68 bits per heavy atom. The van der Waals surface area contributed by atoms with Gasteiger partial charge < -0.3 is 4.74 Å². The van der Waals surface area contributed by atoms with Gasteiger partial charge in [-0.25, -0.2) is 0 Å². The molecule has 2 rings (SSSR count). The molecule has 0 spiro atoms. The Morgan fingerprint density at radius 1 is 1.05 bits per heavy atom. The van der Waals surface area contributed by atoms with Crippen molar-refractivity contribution in [2.75, 3.05) is 0 Å². The van der Waals surface area contributed by atoms with Crippen LogP contribution in [0.2, 0.25) is 0 Å². The number of nitrogens with zero attached hydrogens (tertiary/aromatic N) is 1. The lowest BCUT2D eigenvalue weighted by Gasteiger charge is -2.28. The van der Waals surface area contributed by atoms with Crippen LogP contribution in [0.4, 0.5) is 0 Å². The van der Waals surface area contributed by atoms with Gasteiger partial charge in [-0.2, -0.15) is 0 Å². The molecule has 1 aliphatic rings. The van der Waals surface area contributed by atoms with Crippen LogP contribution in [0.1, 0.15) is 71.2 Å². The van der Waals surface area contributed by atoms with Crippen LogP contribution >= 0.6 is 0 Å². The molecule has 0 bridgehead atoms. The highest BCUT2D eigenvalue weighted by molar-refractivity contribution is 5.77. The van der Waals surface area contributed by atoms with E-state index in [1.54, 1.807) is 0 Å². The number of hydrogen-bond acceptors (Lipinski definition) is 2. The molecular formula is C20H29NO. The zero-order valence-corrected chi connectivity index (χ0v) is 15.2. The quantitative estimate of drug-likeness (QED) is 0.702. The molecule has 0 radical (unpaired) electrons. The molecule has 0 saturated carbocycles. The maximum absolute atomic E-state index is 6.36. The highest BCUT2D eigenvalue weighted by Gasteiger charge is 2.25. The first-order valence-corrected chi connectivity index (χ1v) is 8.29. The fourth-order valence-electron chi connectivity index (χ4n) is 2.94. The first kappa shape index (κ1) is 16.8. The van der Waals surface area contributed by atoms with Crippen molar-refractivity contribution in [1.29, 1.82) is 0 Å². The maximum atomic E-state index is 6.36. The van der Waals surface area contributed by atoms with Crippen molar-refractivity contribution in [2.24, 2.45) is 5.92 Å². The number of allylic oxidation sites excluding steroid dienone is 3. The Labute approximate surface area is 135 Å². The fourth-order valence-corrected chi connectivity index (χ4v) is 2.94. The molecule has 0 aliphatic carbocycles. The van der Waals surface area contributed by atoms with Gasteiger partial charge in [0.2, 0.25) is 0 Å². The van der Waals surface area contributed by atoms with Gasteiger partial charge in [0, 0.05) is 11.8 Å². The van der Waals surface area contributed by atoms with Gasteiger partial charge in [0.05, 0.1) is 5.69 Å². The molecule has 1 atom stereocenters. The maximum Gasteiger partial charge on any atom is 0.149 e. The van der Waals surface area contributed by atoms with E-state index in [9.17, 15) is 0 Å². The van der Waals surface area contributed by atoms with Gasteiger partial charge in [0.15, 0.2) is 0 Å². The van der Waals surface area contributed by atoms with Crippen LogP contribution in [0.25, 0.3) is 5.57 Å². The Bertz CT molecular complexity index is 635. The third-order valence-electron chi connectivity index (χ3n) is 4.67. The highest BCUT2D eigenvalue weighted by atomic mass is 16.5. The number of rotatable bonds is 2. The van der Waals surface area contributed by atoms with Crippen molar-refractivity contribution in [2.45, 2.75) is 67.4 Å². The number of ether oxygens (including phenoxy) is 1. The summed E-state index contributed by atoms with van der Waals surface area (Å²) in [6.07, 6.45) is 4.45. The summed E-state index contributed by atoms with van der Waals surface area (Å²) in [6.45, 7) is 17.5. The van der Waals surface area contributed by atoms with Crippen LogP contribution in [-0.2, 0) is 0 Å². The molecule has 2 heterocycles. The average molecular weight is 299 g/mol. The predicted octanol–water partition coefficient (Wildman–Crippen LogP) is 5.67. The smallest absolute Gasteiger partial charge is 0.149 e. The minimum Gasteiger partial charge on any atom is -0.484 e. The molecule has 0 unspecified atom stereocenters. The first-order valence-electron chi connectivity index (χ1n) is 8.29. The molecule has 1 aromatic rings. The van der Waals surface area contributed by atoms with Gasteiger partial charge in [0.1, 0.15) is 11.9 Å². The number of fused-ring (bicyclic) bond motifs is 1. The van der Waals surface area contributed by atoms with Gasteiger partial charge in [-0.1, -0.05) is 33.8 Å². The molecule has 2 heteroatoms. The van der Waals surface area contributed by atoms with E-state index >= 15 is 0 Å². The van der Waals surface area contributed by atoms with Crippen molar-refractivity contribution in [3.05, 3.63) is 40.2 Å². The molecule has 0 amide bonds. The molecule has 2 nitrogen and oxygen atoms in total. The topological polar surface area (TPSA) is 22.1 Å². The Balaban J connectivity index is 2.85. The number of hydrogen-bond donors (Lipinski definition) is 0. The summed E-state index contributed by atoms with van der Waals surface area (Å²) in [7, 11) is 0. The van der Waals surface area contributed by atoms with Crippen molar-refractivity contribution >= 4 is 5.57 Å². The molecule has 0 N–H and O–H groups in total. The predicted molar refractivity (Wildman–Crippen MR) is 94.3 cm³/mol. The normalized spacial score (nSPS) is 24.5. The Kier molecular flexibility index (Phi) is 4.79. The van der Waals surface area contributed by atoms with Crippen LogP contribution in [0.5, 0.6) is 5.75 Å². The standard InChI is InChI=1S/C20H29NO/c1-11(2)17-9-13(5)14(6)16(8)22-20-15(7)21-10-18(12(3)4)19(17)20/h9-12,16H,1-8H3/b14-13-,17-9-/t16-/m1/s1. The van der Waals surface area contributed by atoms with E-state index < -0.39 is 0 Å². The molecule has 1 aromatic heterocycles. The molecule has 0 saturated heterocycles. The zero-order valence-electron chi connectivity index (χ0n) is 15.2. The van der Waals surface area contributed by atoms with Gasteiger partial charge >= 0.3 is 0 Å². The fraction of sp³-hybridized carbons (Fsp3) is 0.550. The summed E-state index contributed by atoms with van der Waals surface area (Å²) in [6, 6.07) is 0. The molecular weight excluding hydrogens is 270 g/mol. The Hall–Kier alpha value is -1.57. The summed E-state index contributed by atoms with van der Waals surface area (Å²) < 4.78 is 6.36. The lowest BCUT2D eigenvalue weighted by Crippen LogP contribution is -2.19. The van der Waals surface area contributed by atoms with E-state index in [0.29, 0.717) is 11.8 Å². The van der Waals surface area contributed by atoms with E-state index in [1.165, 1.54) is 27.8 Å². The molecule has 0 aromatic carbocycles. The molecule has 120 valence electrons. The van der Waals surface area contributed by atoms with Crippen molar-refractivity contribution in [1.82, 2.24) is 4.98 Å². The van der Waals surface area contributed by atoms with Crippen LogP contribution in [-0.4, -0.2) is 11.1 Å². The van der Waals surface area contributed by atoms with Gasteiger partial charge in [-0.3, -0.25) is 4.98 Å². The Morgan fingerprint density at radius 3 is 2.23 bits per heavy atom. The van der Waals surface area contributed by atoms with Gasteiger partial charge in [-0.05, 0) is 61.8 Å². The van der Waals surface area contributed by atoms with E-state index in [0.717, 1.165) is 11.4 Å². The summed E-state index contributed by atoms with van der Waals surface area (Å²) in [5.74, 6) is 1.83. The summed E-state index contributed by atoms with van der Waals surface area (Å²) in [5.41, 5.74) is 7.47. The SMILES string of the molecule is CC1=C(\C)[C@@H](C)Oc2c(C)ncc(C(C)C)c2/C(C(C)C)=C\1. The average Bonchev–Trinajstić information content (AvgIpc) is 2.44. The van der Waals surface area contributed by atoms with Crippen LogP contribution < -0.4 is 4.74 Å². The largest absolute Gasteiger partial charge is 0.484 e. The first-order chi connectivity index (χ1) is 10.2. The highest BCUT2D eigenvalue weighted by Crippen LogP contribution is 2.41. The summed E-state index contributed by atoms with van der Waals surface area (Å²) in [4.78, 5) is 4.59. The van der Waals surface area contributed by atoms with Gasteiger partial charge in [-0.15, -0.1) is 0 Å². The van der Waals surface area contributed by atoms with Crippen molar-refractivity contribution < 1.29 is 4.74 Å². The monoisotopic (exact) mass is 299 g/mol. The van der Waals surface area contributed by atoms with Crippen molar-refractivity contribution in [3.63, 3.8) is 0 Å². The van der Waals surface area contributed by atoms with Gasteiger partial charge in [0.25, 0.3) is 0 Å².